The van der Waals surface area contributed by atoms with Crippen molar-refractivity contribution in [1.82, 2.24) is 9.80 Å². The molecule has 15 nitrogen and oxygen atoms in total. The minimum Gasteiger partial charge on any atom is -0.493 e. The molecule has 18 heteroatoms. The molecule has 3 aromatic carbocycles. The molecule has 0 saturated carbocycles. The maximum atomic E-state index is 14.5. The van der Waals surface area contributed by atoms with Crippen LogP contribution < -0.4 is 34.5 Å². The number of nitrogen functional groups attached to an aromatic ring is 1. The van der Waals surface area contributed by atoms with Crippen LogP contribution in [0.4, 0.5) is 17.1 Å². The number of anilines is 3. The Bertz CT molecular complexity index is 2620. The zero-order chi connectivity index (χ0) is 50.7. The van der Waals surface area contributed by atoms with Crippen LogP contribution in [0.3, 0.4) is 0 Å². The molecular formula is C52H69N5O10Si3. The van der Waals surface area contributed by atoms with Gasteiger partial charge in [-0.15, -0.1) is 5.54 Å². The lowest BCUT2D eigenvalue weighted by Gasteiger charge is -2.26. The van der Waals surface area contributed by atoms with Crippen LogP contribution in [-0.2, 0) is 19.1 Å². The first-order valence-corrected chi connectivity index (χ1v) is 34.9. The van der Waals surface area contributed by atoms with Gasteiger partial charge in [-0.3, -0.25) is 29.0 Å². The van der Waals surface area contributed by atoms with Crippen molar-refractivity contribution in [2.45, 2.75) is 89.5 Å². The number of methoxy groups -OCH3 is 2. The van der Waals surface area contributed by atoms with E-state index in [0.29, 0.717) is 70.8 Å². The number of ether oxygens (including phenoxy) is 6. The summed E-state index contributed by atoms with van der Waals surface area (Å²) in [6.07, 6.45) is 4.04. The molecule has 4 heterocycles. The SMILES string of the molecule is COc1cc2c(cc1OCCCOc1cc3c(cc1OC)C(=O)N1CC(c4ccc(N)cc4)=C[C@H]1C(=O)N3COCC[Si](C)(C)C)N(COCC[Si](C)(C)C)C(=O)[C@@H]1C=C(C#C[Si](C)(C)C)CN1C2=O. The van der Waals surface area contributed by atoms with Gasteiger partial charge in [0.05, 0.1) is 56.5 Å². The standard InChI is InChI=1S/C52H69N5O10Si3/c1-62-45-27-39-41(56(33-64-20-23-69(6,7)8)51(60)43-25-35(17-22-68(3,4)5)31-54(43)49(39)58)29-47(45)66-18-12-19-67-48-30-42-40(28-46(48)63-2)50(59)55-32-37(36-13-15-38(53)16-14-36)26-44(55)52(61)57(42)34-65-21-24-70(9,10)11/h13-16,25-30,43-44H,12,18-21,23-24,31-34,53H2,1-11H3/t43-,44-/m0/s1. The predicted octanol–water partition coefficient (Wildman–Crippen LogP) is 7.99. The molecule has 2 atom stereocenters. The van der Waals surface area contributed by atoms with Gasteiger partial charge in [0.1, 0.15) is 33.6 Å². The van der Waals surface area contributed by atoms with Gasteiger partial charge in [0.15, 0.2) is 23.0 Å². The fraction of sp³-hybridized carbons (Fsp3) is 0.462. The van der Waals surface area contributed by atoms with E-state index in [9.17, 15) is 19.2 Å². The van der Waals surface area contributed by atoms with E-state index in [0.717, 1.165) is 28.8 Å². The van der Waals surface area contributed by atoms with Crippen LogP contribution in [0.15, 0.2) is 66.3 Å². The number of nitrogens with two attached hydrogens (primary N) is 1. The Morgan fingerprint density at radius 2 is 1.09 bits per heavy atom. The molecule has 0 radical (unpaired) electrons. The van der Waals surface area contributed by atoms with Gasteiger partial charge >= 0.3 is 0 Å². The second-order valence-electron chi connectivity index (χ2n) is 21.6. The van der Waals surface area contributed by atoms with Crippen LogP contribution >= 0.6 is 0 Å². The molecule has 374 valence electrons. The molecule has 70 heavy (non-hydrogen) atoms. The van der Waals surface area contributed by atoms with Crippen molar-refractivity contribution in [3.05, 3.63) is 82.9 Å². The number of carbonyl (C=O) groups excluding carboxylic acids is 4. The number of fused-ring (bicyclic) bond motifs is 4. The quantitative estimate of drug-likeness (QED) is 0.0536. The van der Waals surface area contributed by atoms with Crippen molar-refractivity contribution in [3.63, 3.8) is 0 Å². The average Bonchev–Trinajstić information content (AvgIpc) is 3.92. The van der Waals surface area contributed by atoms with E-state index in [-0.39, 0.29) is 63.4 Å². The molecule has 4 amide bonds. The summed E-state index contributed by atoms with van der Waals surface area (Å²) in [5.74, 6) is 3.37. The molecule has 7 rings (SSSR count). The number of hydrogen-bond donors (Lipinski definition) is 1. The summed E-state index contributed by atoms with van der Waals surface area (Å²) >= 11 is 0. The highest BCUT2D eigenvalue weighted by Crippen LogP contribution is 2.42. The van der Waals surface area contributed by atoms with Crippen LogP contribution in [0.5, 0.6) is 23.0 Å². The van der Waals surface area contributed by atoms with E-state index in [1.54, 1.807) is 52.3 Å². The van der Waals surface area contributed by atoms with E-state index in [1.807, 2.05) is 18.2 Å². The monoisotopic (exact) mass is 1010 g/mol. The van der Waals surface area contributed by atoms with Gasteiger partial charge in [-0.1, -0.05) is 77.0 Å². The number of rotatable bonds is 19. The zero-order valence-corrected chi connectivity index (χ0v) is 45.7. The van der Waals surface area contributed by atoms with E-state index in [2.05, 4.69) is 70.4 Å². The molecule has 3 aromatic rings. The molecule has 2 N–H and O–H groups in total. The highest BCUT2D eigenvalue weighted by Gasteiger charge is 2.44. The Balaban J connectivity index is 1.10. The topological polar surface area (TPSA) is 163 Å². The Kier molecular flexibility index (Phi) is 15.8. The molecule has 0 bridgehead atoms. The Hall–Kier alpha value is -5.85. The lowest BCUT2D eigenvalue weighted by molar-refractivity contribution is -0.122. The fourth-order valence-electron chi connectivity index (χ4n) is 8.33. The second-order valence-corrected chi connectivity index (χ2v) is 37.6. The normalized spacial score (nSPS) is 18.0. The molecular weight excluding hydrogens is 939 g/mol. The summed E-state index contributed by atoms with van der Waals surface area (Å²) in [5, 5.41) is 0. The third-order valence-electron chi connectivity index (χ3n) is 12.4. The number of nitrogens with zero attached hydrogens (tertiary/aromatic N) is 4. The molecule has 0 fully saturated rings. The molecule has 0 spiro atoms. The lowest BCUT2D eigenvalue weighted by atomic mass is 10.1. The van der Waals surface area contributed by atoms with E-state index in [1.165, 1.54) is 24.0 Å². The smallest absolute Gasteiger partial charge is 0.257 e. The summed E-state index contributed by atoms with van der Waals surface area (Å²) in [6.45, 7) is 21.7. The molecule has 0 saturated heterocycles. The zero-order valence-electron chi connectivity index (χ0n) is 42.7. The first-order valence-electron chi connectivity index (χ1n) is 24.0. The minimum atomic E-state index is -1.72. The lowest BCUT2D eigenvalue weighted by Crippen LogP contribution is -2.45. The average molecular weight is 1010 g/mol. The first kappa shape index (κ1) is 52.0. The van der Waals surface area contributed by atoms with Crippen molar-refractivity contribution in [2.24, 2.45) is 0 Å². The van der Waals surface area contributed by atoms with Crippen LogP contribution in [0.25, 0.3) is 5.57 Å². The van der Waals surface area contributed by atoms with Crippen LogP contribution in [-0.4, -0.2) is 137 Å². The maximum Gasteiger partial charge on any atom is 0.257 e. The fourth-order valence-corrected chi connectivity index (χ4v) is 10.4. The van der Waals surface area contributed by atoms with Gasteiger partial charge in [-0.2, -0.15) is 0 Å². The van der Waals surface area contributed by atoms with Crippen molar-refractivity contribution < 1.29 is 47.6 Å². The van der Waals surface area contributed by atoms with Gasteiger partial charge in [0.2, 0.25) is 0 Å². The predicted molar refractivity (Wildman–Crippen MR) is 282 cm³/mol. The Morgan fingerprint density at radius 1 is 0.614 bits per heavy atom. The van der Waals surface area contributed by atoms with Crippen LogP contribution in [0.2, 0.25) is 71.0 Å². The van der Waals surface area contributed by atoms with Gasteiger partial charge in [0.25, 0.3) is 23.6 Å². The molecule has 0 aromatic heterocycles. The van der Waals surface area contributed by atoms with Crippen molar-refractivity contribution in [1.29, 1.82) is 0 Å². The third kappa shape index (κ3) is 12.2. The Labute approximate surface area is 415 Å². The van der Waals surface area contributed by atoms with Crippen molar-refractivity contribution in [3.8, 4) is 34.5 Å². The molecule has 4 aliphatic rings. The van der Waals surface area contributed by atoms with E-state index >= 15 is 0 Å². The third-order valence-corrected chi connectivity index (χ3v) is 16.6. The van der Waals surface area contributed by atoms with Crippen LogP contribution in [0.1, 0.15) is 32.7 Å². The van der Waals surface area contributed by atoms with Crippen LogP contribution in [0, 0.1) is 11.5 Å². The maximum absolute atomic E-state index is 14.5. The largest absolute Gasteiger partial charge is 0.493 e. The van der Waals surface area contributed by atoms with Crippen molar-refractivity contribution in [2.75, 3.05) is 82.7 Å². The summed E-state index contributed by atoms with van der Waals surface area (Å²) < 4.78 is 36.6. The second kappa shape index (κ2) is 21.2. The number of carbonyl (C=O) groups is 4. The van der Waals surface area contributed by atoms with E-state index < -0.39 is 36.3 Å². The summed E-state index contributed by atoms with van der Waals surface area (Å²) in [7, 11) is -1.58. The molecule has 0 aliphatic carbocycles. The highest BCUT2D eigenvalue weighted by atomic mass is 28.3. The van der Waals surface area contributed by atoms with Gasteiger partial charge in [0, 0.05) is 65.7 Å². The summed E-state index contributed by atoms with van der Waals surface area (Å²) in [6, 6.07) is 14.1. The van der Waals surface area contributed by atoms with Gasteiger partial charge < -0.3 is 44.0 Å². The number of amides is 4. The summed E-state index contributed by atoms with van der Waals surface area (Å²) in [4.78, 5) is 64.0. The minimum absolute atomic E-state index is 0.0425. The first-order chi connectivity index (χ1) is 33.1. The van der Waals surface area contributed by atoms with Crippen molar-refractivity contribution >= 4 is 70.5 Å². The number of hydrogen-bond acceptors (Lipinski definition) is 11. The highest BCUT2D eigenvalue weighted by molar-refractivity contribution is 6.84. The Morgan fingerprint density at radius 3 is 1.54 bits per heavy atom. The van der Waals surface area contributed by atoms with Gasteiger partial charge in [-0.05, 0) is 59.6 Å². The number of benzene rings is 3. The summed E-state index contributed by atoms with van der Waals surface area (Å²) in [5.41, 5.74) is 13.8. The molecule has 4 aliphatic heterocycles. The van der Waals surface area contributed by atoms with Gasteiger partial charge in [-0.25, -0.2) is 0 Å². The van der Waals surface area contributed by atoms with E-state index in [4.69, 9.17) is 34.2 Å². The molecule has 0 unspecified atom stereocenters.